The van der Waals surface area contributed by atoms with Gasteiger partial charge < -0.3 is 24.5 Å². The molecule has 9 nitrogen and oxygen atoms in total. The van der Waals surface area contributed by atoms with Crippen molar-refractivity contribution in [2.24, 2.45) is 0 Å². The average Bonchev–Trinajstić information content (AvgIpc) is 2.67. The van der Waals surface area contributed by atoms with Crippen LogP contribution in [-0.4, -0.2) is 71.7 Å². The van der Waals surface area contributed by atoms with Crippen molar-refractivity contribution in [1.82, 2.24) is 19.8 Å². The molecule has 1 aromatic carbocycles. The Labute approximate surface area is 156 Å². The number of nitrogens with zero attached hydrogens (tertiary/aromatic N) is 3. The van der Waals surface area contributed by atoms with Crippen LogP contribution in [0.15, 0.2) is 29.2 Å². The number of hydrogen-bond acceptors (Lipinski definition) is 6. The molecule has 146 valence electrons. The number of amides is 1. The van der Waals surface area contributed by atoms with E-state index < -0.39 is 6.09 Å². The summed E-state index contributed by atoms with van der Waals surface area (Å²) >= 11 is 0. The molecule has 3 rings (SSSR count). The van der Waals surface area contributed by atoms with Gasteiger partial charge in [0.15, 0.2) is 0 Å². The fourth-order valence-electron chi connectivity index (χ4n) is 3.49. The maximum Gasteiger partial charge on any atom is 0.404 e. The second kappa shape index (κ2) is 8.36. The molecule has 2 aromatic rings. The number of carbonyl (C=O) groups is 1. The highest BCUT2D eigenvalue weighted by atomic mass is 16.5. The lowest BCUT2D eigenvalue weighted by molar-refractivity contribution is 0.00609. The average molecular weight is 376 g/mol. The van der Waals surface area contributed by atoms with Gasteiger partial charge in [-0.2, -0.15) is 0 Å². The van der Waals surface area contributed by atoms with Crippen molar-refractivity contribution in [3.63, 3.8) is 0 Å². The van der Waals surface area contributed by atoms with Crippen LogP contribution in [0.1, 0.15) is 6.42 Å². The van der Waals surface area contributed by atoms with E-state index in [9.17, 15) is 9.59 Å². The molecule has 0 spiro atoms. The monoisotopic (exact) mass is 376 g/mol. The number of likely N-dealkylation sites (tertiary alicyclic amines) is 1. The first-order valence-electron chi connectivity index (χ1n) is 8.80. The topological polar surface area (TPSA) is 106 Å². The molecule has 1 aliphatic heterocycles. The largest absolute Gasteiger partial charge is 0.497 e. The lowest BCUT2D eigenvalue weighted by atomic mass is 10.0. The van der Waals surface area contributed by atoms with Crippen molar-refractivity contribution in [3.8, 4) is 5.75 Å². The zero-order valence-corrected chi connectivity index (χ0v) is 15.4. The van der Waals surface area contributed by atoms with Gasteiger partial charge in [0.1, 0.15) is 5.75 Å². The van der Waals surface area contributed by atoms with Crippen LogP contribution < -0.4 is 15.6 Å². The molecule has 9 heteroatoms. The molecule has 1 amide bonds. The van der Waals surface area contributed by atoms with E-state index in [0.29, 0.717) is 31.8 Å². The molecule has 0 aliphatic carbocycles. The van der Waals surface area contributed by atoms with E-state index in [1.807, 2.05) is 18.2 Å². The van der Waals surface area contributed by atoms with Gasteiger partial charge in [-0.1, -0.05) is 0 Å². The summed E-state index contributed by atoms with van der Waals surface area (Å²) in [5.74, 6) is 0.670. The molecular formula is C18H24N4O5. The van der Waals surface area contributed by atoms with Gasteiger partial charge in [0.05, 0.1) is 36.5 Å². The molecule has 0 saturated carbocycles. The summed E-state index contributed by atoms with van der Waals surface area (Å²) in [4.78, 5) is 29.6. The number of fused-ring (bicyclic) bond motifs is 1. The minimum Gasteiger partial charge on any atom is -0.497 e. The van der Waals surface area contributed by atoms with Crippen molar-refractivity contribution in [3.05, 3.63) is 34.7 Å². The summed E-state index contributed by atoms with van der Waals surface area (Å²) in [5.41, 5.74) is 1.29. The van der Waals surface area contributed by atoms with Gasteiger partial charge in [-0.25, -0.2) is 9.78 Å². The van der Waals surface area contributed by atoms with E-state index >= 15 is 0 Å². The molecule has 1 fully saturated rings. The summed E-state index contributed by atoms with van der Waals surface area (Å²) in [6.45, 7) is 2.47. The second-order valence-corrected chi connectivity index (χ2v) is 6.52. The zero-order valence-electron chi connectivity index (χ0n) is 15.4. The van der Waals surface area contributed by atoms with E-state index in [2.05, 4.69) is 15.2 Å². The van der Waals surface area contributed by atoms with E-state index in [4.69, 9.17) is 14.6 Å². The summed E-state index contributed by atoms with van der Waals surface area (Å²) in [6, 6.07) is 5.23. The fraction of sp³-hybridized carbons (Fsp3) is 0.500. The standard InChI is InChI=1S/C18H24N4O5/c1-26-12-3-4-13-15(9-12)22(17(23)10-19-13)8-7-21-6-5-14(20-18(24)25)16(11-21)27-2/h3-4,9-10,14,16,20H,5-8,11H2,1-2H3,(H,24,25)/t14-,16+/m0/s1. The Morgan fingerprint density at radius 1 is 1.37 bits per heavy atom. The molecule has 27 heavy (non-hydrogen) atoms. The van der Waals surface area contributed by atoms with Crippen LogP contribution in [-0.2, 0) is 11.3 Å². The minimum atomic E-state index is -1.04. The number of aromatic nitrogens is 2. The SMILES string of the molecule is COc1ccc2ncc(=O)n(CCN3CC[C@H](NC(=O)O)[C@H](OC)C3)c2c1. The van der Waals surface area contributed by atoms with Crippen LogP contribution in [0.3, 0.4) is 0 Å². The predicted octanol–water partition coefficient (Wildman–Crippen LogP) is 0.762. The molecule has 2 N–H and O–H groups in total. The van der Waals surface area contributed by atoms with Gasteiger partial charge in [-0.05, 0) is 18.6 Å². The third-order valence-electron chi connectivity index (χ3n) is 4.95. The molecule has 1 aliphatic rings. The second-order valence-electron chi connectivity index (χ2n) is 6.52. The van der Waals surface area contributed by atoms with Gasteiger partial charge in [0.25, 0.3) is 5.56 Å². The Kier molecular flexibility index (Phi) is 5.92. The van der Waals surface area contributed by atoms with E-state index in [1.54, 1.807) is 18.8 Å². The quantitative estimate of drug-likeness (QED) is 0.767. The van der Waals surface area contributed by atoms with Gasteiger partial charge in [0.2, 0.25) is 0 Å². The number of piperidine rings is 1. The van der Waals surface area contributed by atoms with E-state index in [-0.39, 0.29) is 17.7 Å². The van der Waals surface area contributed by atoms with Crippen LogP contribution in [0.4, 0.5) is 4.79 Å². The van der Waals surface area contributed by atoms with Crippen LogP contribution in [0.2, 0.25) is 0 Å². The Hall–Kier alpha value is -2.65. The summed E-state index contributed by atoms with van der Waals surface area (Å²) < 4.78 is 12.4. The molecule has 0 unspecified atom stereocenters. The first kappa shape index (κ1) is 19.1. The Bertz CT molecular complexity index is 868. The Morgan fingerprint density at radius 2 is 2.19 bits per heavy atom. The summed E-state index contributed by atoms with van der Waals surface area (Å²) in [5, 5.41) is 11.4. The Morgan fingerprint density at radius 3 is 2.89 bits per heavy atom. The highest BCUT2D eigenvalue weighted by Gasteiger charge is 2.30. The van der Waals surface area contributed by atoms with Crippen LogP contribution in [0.25, 0.3) is 11.0 Å². The first-order chi connectivity index (χ1) is 13.0. The smallest absolute Gasteiger partial charge is 0.404 e. The zero-order chi connectivity index (χ0) is 19.4. The van der Waals surface area contributed by atoms with Gasteiger partial charge >= 0.3 is 6.09 Å². The number of rotatable bonds is 6. The van der Waals surface area contributed by atoms with Gasteiger partial charge in [0, 0.05) is 39.4 Å². The molecule has 2 atom stereocenters. The molecular weight excluding hydrogens is 352 g/mol. The first-order valence-corrected chi connectivity index (χ1v) is 8.80. The minimum absolute atomic E-state index is 0.165. The molecule has 1 aromatic heterocycles. The third kappa shape index (κ3) is 4.37. The lowest BCUT2D eigenvalue weighted by Crippen LogP contribution is -2.55. The van der Waals surface area contributed by atoms with Gasteiger partial charge in [-0.15, -0.1) is 0 Å². The van der Waals surface area contributed by atoms with Crippen molar-refractivity contribution >= 4 is 17.1 Å². The molecule has 2 heterocycles. The number of carboxylic acid groups (broad SMARTS) is 1. The van der Waals surface area contributed by atoms with Crippen molar-refractivity contribution in [1.29, 1.82) is 0 Å². The lowest BCUT2D eigenvalue weighted by Gasteiger charge is -2.37. The normalized spacial score (nSPS) is 20.5. The van der Waals surface area contributed by atoms with Crippen LogP contribution >= 0.6 is 0 Å². The van der Waals surface area contributed by atoms with E-state index in [1.165, 1.54) is 6.20 Å². The van der Waals surface area contributed by atoms with Crippen molar-refractivity contribution in [2.75, 3.05) is 33.9 Å². The molecule has 0 bridgehead atoms. The number of methoxy groups -OCH3 is 2. The number of benzene rings is 1. The van der Waals surface area contributed by atoms with Crippen LogP contribution in [0, 0.1) is 0 Å². The fourth-order valence-corrected chi connectivity index (χ4v) is 3.49. The maximum absolute atomic E-state index is 12.3. The third-order valence-corrected chi connectivity index (χ3v) is 4.95. The number of nitrogens with one attached hydrogen (secondary N) is 1. The van der Waals surface area contributed by atoms with Crippen molar-refractivity contribution in [2.45, 2.75) is 25.1 Å². The summed E-state index contributed by atoms with van der Waals surface area (Å²) in [7, 11) is 3.16. The van der Waals surface area contributed by atoms with E-state index in [0.717, 1.165) is 17.6 Å². The van der Waals surface area contributed by atoms with Crippen LogP contribution in [0.5, 0.6) is 5.75 Å². The van der Waals surface area contributed by atoms with Crippen molar-refractivity contribution < 1.29 is 19.4 Å². The predicted molar refractivity (Wildman–Crippen MR) is 99.4 cm³/mol. The number of hydrogen-bond donors (Lipinski definition) is 2. The highest BCUT2D eigenvalue weighted by Crippen LogP contribution is 2.18. The highest BCUT2D eigenvalue weighted by molar-refractivity contribution is 5.76. The Balaban J connectivity index is 1.72. The maximum atomic E-state index is 12.3. The molecule has 0 radical (unpaired) electrons. The molecule has 1 saturated heterocycles. The van der Waals surface area contributed by atoms with Gasteiger partial charge in [-0.3, -0.25) is 9.69 Å². The number of ether oxygens (including phenoxy) is 2. The summed E-state index contributed by atoms with van der Waals surface area (Å²) in [6.07, 6.45) is 0.723.